The summed E-state index contributed by atoms with van der Waals surface area (Å²) in [6.45, 7) is 13.3. The molecule has 1 saturated carbocycles. The van der Waals surface area contributed by atoms with E-state index in [-0.39, 0.29) is 13.0 Å². The van der Waals surface area contributed by atoms with Gasteiger partial charge in [-0.25, -0.2) is 14.4 Å². The van der Waals surface area contributed by atoms with Gasteiger partial charge in [0.2, 0.25) is 0 Å². The summed E-state index contributed by atoms with van der Waals surface area (Å²) in [5, 5.41) is 83.5. The first-order valence-corrected chi connectivity index (χ1v) is 17.7. The van der Waals surface area contributed by atoms with E-state index < -0.39 is 133 Å². The first kappa shape index (κ1) is 45.7. The van der Waals surface area contributed by atoms with Crippen molar-refractivity contribution in [2.24, 2.45) is 5.73 Å². The quantitative estimate of drug-likeness (QED) is 0.107. The second-order valence-corrected chi connectivity index (χ2v) is 16.6. The minimum Gasteiger partial charge on any atom is -0.444 e. The number of carbonyl (C=O) groups excluding carboxylic acids is 3. The van der Waals surface area contributed by atoms with Gasteiger partial charge in [0.1, 0.15) is 77.8 Å². The molecule has 0 radical (unpaired) electrons. The molecular weight excluding hydrogens is 724 g/mol. The predicted molar refractivity (Wildman–Crippen MR) is 183 cm³/mol. The number of aliphatic hydroxyl groups excluding tert-OH is 7. The van der Waals surface area contributed by atoms with Gasteiger partial charge in [0.05, 0.1) is 24.7 Å². The number of hydrogen-bond donors (Lipinski definition) is 11. The summed E-state index contributed by atoms with van der Waals surface area (Å²) in [7, 11) is 0. The molecule has 0 bridgehead atoms. The Morgan fingerprint density at radius 2 is 1.00 bits per heavy atom. The van der Waals surface area contributed by atoms with E-state index in [2.05, 4.69) is 16.0 Å². The molecule has 314 valence electrons. The third kappa shape index (κ3) is 12.4. The highest BCUT2D eigenvalue weighted by molar-refractivity contribution is 5.69. The van der Waals surface area contributed by atoms with E-state index in [0.29, 0.717) is 0 Å². The molecule has 0 aromatic heterocycles. The highest BCUT2D eigenvalue weighted by Crippen LogP contribution is 2.33. The van der Waals surface area contributed by atoms with Crippen LogP contribution in [0.25, 0.3) is 0 Å². The van der Waals surface area contributed by atoms with Crippen LogP contribution in [0.5, 0.6) is 0 Å². The van der Waals surface area contributed by atoms with Crippen molar-refractivity contribution in [3.63, 3.8) is 0 Å². The molecule has 0 aromatic carbocycles. The molecule has 15 atom stereocenters. The molecule has 3 amide bonds. The van der Waals surface area contributed by atoms with Crippen molar-refractivity contribution in [2.75, 3.05) is 13.2 Å². The van der Waals surface area contributed by atoms with Gasteiger partial charge in [-0.2, -0.15) is 0 Å². The Morgan fingerprint density at radius 3 is 1.41 bits per heavy atom. The smallest absolute Gasteiger partial charge is 0.408 e. The van der Waals surface area contributed by atoms with Crippen molar-refractivity contribution < 1.29 is 83.3 Å². The Kier molecular flexibility index (Phi) is 15.3. The summed E-state index contributed by atoms with van der Waals surface area (Å²) in [5.41, 5.74) is 2.77. The van der Waals surface area contributed by atoms with E-state index in [1.54, 1.807) is 62.3 Å². The van der Waals surface area contributed by atoms with E-state index in [9.17, 15) is 50.1 Å². The fraction of sp³-hybridized carbons (Fsp3) is 0.909. The third-order valence-corrected chi connectivity index (χ3v) is 8.43. The normalized spacial score (nSPS) is 37.8. The molecule has 3 fully saturated rings. The third-order valence-electron chi connectivity index (χ3n) is 8.43. The van der Waals surface area contributed by atoms with Crippen LogP contribution in [0.3, 0.4) is 0 Å². The molecule has 2 aliphatic heterocycles. The molecule has 0 aromatic rings. The van der Waals surface area contributed by atoms with Crippen LogP contribution in [0.2, 0.25) is 0 Å². The van der Waals surface area contributed by atoms with Gasteiger partial charge >= 0.3 is 18.3 Å². The van der Waals surface area contributed by atoms with Crippen molar-refractivity contribution in [1.82, 2.24) is 16.0 Å². The van der Waals surface area contributed by atoms with Crippen LogP contribution in [0.15, 0.2) is 0 Å². The van der Waals surface area contributed by atoms with E-state index in [1.165, 1.54) is 0 Å². The molecule has 2 saturated heterocycles. The molecule has 54 heavy (non-hydrogen) atoms. The summed E-state index contributed by atoms with van der Waals surface area (Å²) in [5.74, 6) is 0. The van der Waals surface area contributed by atoms with Crippen LogP contribution < -0.4 is 21.7 Å². The van der Waals surface area contributed by atoms with Crippen LogP contribution in [-0.4, -0.2) is 176 Å². The first-order chi connectivity index (χ1) is 24.7. The summed E-state index contributed by atoms with van der Waals surface area (Å²) < 4.78 is 39.5. The molecule has 3 rings (SSSR count). The van der Waals surface area contributed by atoms with Gasteiger partial charge in [-0.3, -0.25) is 0 Å². The average molecular weight is 785 g/mol. The number of hydrogen-bond acceptors (Lipinski definition) is 18. The number of nitrogens with one attached hydrogen (secondary N) is 3. The maximum atomic E-state index is 13.1. The molecule has 21 heteroatoms. The second kappa shape index (κ2) is 18.1. The molecule has 6 unspecified atom stereocenters. The van der Waals surface area contributed by atoms with Gasteiger partial charge in [0.25, 0.3) is 0 Å². The number of nitrogens with two attached hydrogens (primary N) is 1. The van der Waals surface area contributed by atoms with Crippen molar-refractivity contribution >= 4 is 18.3 Å². The highest BCUT2D eigenvalue weighted by atomic mass is 16.7. The van der Waals surface area contributed by atoms with Gasteiger partial charge in [-0.15, -0.1) is 0 Å². The van der Waals surface area contributed by atoms with E-state index >= 15 is 0 Å². The van der Waals surface area contributed by atoms with E-state index in [0.717, 1.165) is 0 Å². The molecule has 0 spiro atoms. The summed E-state index contributed by atoms with van der Waals surface area (Å²) in [4.78, 5) is 38.9. The second-order valence-electron chi connectivity index (χ2n) is 16.6. The van der Waals surface area contributed by atoms with Crippen molar-refractivity contribution in [1.29, 1.82) is 0 Å². The molecule has 3 aliphatic rings. The van der Waals surface area contributed by atoms with Crippen LogP contribution in [0, 0.1) is 0 Å². The molecule has 1 aliphatic carbocycles. The van der Waals surface area contributed by atoms with Gasteiger partial charge in [-0.1, -0.05) is 0 Å². The molecule has 21 nitrogen and oxygen atoms in total. The minimum absolute atomic E-state index is 0.307. The number of ether oxygens (including phenoxy) is 7. The SMILES string of the molecule is CC(C)(C)OC(=O)NC1C[C@@H](NC(=O)OC(C)(C)C)[C@@H](O[C@@H]2O[C@H](CO)[C@H](O)C(NC(=O)OC(C)(C)C)C2O)C(O)[C@@H]1O[C@H]1OC(CN)[C@@H](O)[C@H](O)C1O. The van der Waals surface area contributed by atoms with Gasteiger partial charge < -0.3 is 90.6 Å². The maximum absolute atomic E-state index is 13.1. The van der Waals surface area contributed by atoms with Crippen LogP contribution >= 0.6 is 0 Å². The lowest BCUT2D eigenvalue weighted by atomic mass is 9.83. The molecular formula is C33H60N4O17. The minimum atomic E-state index is -1.93. The zero-order valence-electron chi connectivity index (χ0n) is 32.1. The Labute approximate surface area is 313 Å². The number of amides is 3. The highest BCUT2D eigenvalue weighted by Gasteiger charge is 2.54. The summed E-state index contributed by atoms with van der Waals surface area (Å²) in [6, 6.07) is -4.10. The molecule has 12 N–H and O–H groups in total. The molecule has 2 heterocycles. The van der Waals surface area contributed by atoms with Gasteiger partial charge in [-0.05, 0) is 68.7 Å². The van der Waals surface area contributed by atoms with E-state index in [1.807, 2.05) is 0 Å². The first-order valence-electron chi connectivity index (χ1n) is 17.7. The summed E-state index contributed by atoms with van der Waals surface area (Å²) >= 11 is 0. The zero-order valence-corrected chi connectivity index (χ0v) is 32.1. The standard InChI is InChI=1S/C33H60N4O17/c1-31(2,3)52-28(45)35-13-10-14(36-29(46)53-32(4,5)6)25(51-27-22(43)21(42)19(40)15(11-34)48-27)23(44)24(13)50-26-20(41)17(18(39)16(12-38)49-26)37-30(47)54-33(7,8)9/h13-27,38-44H,10-12,34H2,1-9H3,(H,35,45)(H,36,46)(H,37,47)/t13-,14?,15?,16-,17?,18+,19-,20?,21+,22?,23?,24-,25-,26+,27-/m1/s1. The summed E-state index contributed by atoms with van der Waals surface area (Å²) in [6.07, 6.45) is -23.5. The fourth-order valence-corrected chi connectivity index (χ4v) is 6.10. The Bertz CT molecular complexity index is 1260. The number of carbonyl (C=O) groups is 3. The van der Waals surface area contributed by atoms with Crippen molar-refractivity contribution in [3.05, 3.63) is 0 Å². The van der Waals surface area contributed by atoms with Crippen LogP contribution in [0.1, 0.15) is 68.7 Å². The zero-order chi connectivity index (χ0) is 41.1. The monoisotopic (exact) mass is 784 g/mol. The van der Waals surface area contributed by atoms with Gasteiger partial charge in [0.15, 0.2) is 12.6 Å². The number of aliphatic hydroxyl groups is 7. The van der Waals surface area contributed by atoms with Crippen LogP contribution in [0.4, 0.5) is 14.4 Å². The lowest BCUT2D eigenvalue weighted by Crippen LogP contribution is -2.70. The topological polar surface area (TPSA) is 320 Å². The number of rotatable bonds is 9. The Hall–Kier alpha value is -2.67. The maximum Gasteiger partial charge on any atom is 0.408 e. The van der Waals surface area contributed by atoms with Crippen molar-refractivity contribution in [2.45, 2.75) is 177 Å². The lowest BCUT2D eigenvalue weighted by molar-refractivity contribution is -0.333. The largest absolute Gasteiger partial charge is 0.444 e. The van der Waals surface area contributed by atoms with Crippen molar-refractivity contribution in [3.8, 4) is 0 Å². The van der Waals surface area contributed by atoms with Gasteiger partial charge in [0, 0.05) is 6.54 Å². The van der Waals surface area contributed by atoms with Crippen LogP contribution in [-0.2, 0) is 33.2 Å². The lowest BCUT2D eigenvalue weighted by Gasteiger charge is -2.49. The Balaban J connectivity index is 2.04. The number of alkyl carbamates (subject to hydrolysis) is 3. The Morgan fingerprint density at radius 1 is 0.593 bits per heavy atom. The average Bonchev–Trinajstić information content (AvgIpc) is 3.01. The predicted octanol–water partition coefficient (Wildman–Crippen LogP) is -2.59. The fourth-order valence-electron chi connectivity index (χ4n) is 6.10. The van der Waals surface area contributed by atoms with E-state index in [4.69, 9.17) is 38.9 Å².